The number of hydrogen-bond acceptors (Lipinski definition) is 6. The number of amides is 1. The maximum absolute atomic E-state index is 13.1. The van der Waals surface area contributed by atoms with E-state index >= 15 is 0 Å². The summed E-state index contributed by atoms with van der Waals surface area (Å²) in [5.41, 5.74) is 4.89. The molecule has 8 rings (SSSR count). The Morgan fingerprint density at radius 1 is 0.761 bits per heavy atom. The van der Waals surface area contributed by atoms with Crippen LogP contribution in [0.3, 0.4) is 0 Å². The SMILES string of the molecule is [C-]#[N+]CCC#Cc1ccc(-c2c(C)c(C(=O)CC3([N+]#[C-])CC3)nn2-c2ccc(Cl)cc2Cl)s1.[C-]#[N+]CCC#Cc1ccc(-c2c(C)c(C(=O)NC3(C#N)CC3)nn2-c2ccc(Cl)cc2Cl)cc1. The predicted octanol–water partition coefficient (Wildman–Crippen LogP) is 12.5. The minimum Gasteiger partial charge on any atom is -0.332 e. The number of halogens is 4. The van der Waals surface area contributed by atoms with Gasteiger partial charge in [0.15, 0.2) is 11.5 Å². The molecule has 0 radical (unpaired) electrons. The Balaban J connectivity index is 0.000000199. The molecule has 2 aliphatic rings. The summed E-state index contributed by atoms with van der Waals surface area (Å²) in [6.07, 6.45) is 3.97. The Morgan fingerprint density at radius 2 is 1.33 bits per heavy atom. The largest absolute Gasteiger partial charge is 0.332 e. The summed E-state index contributed by atoms with van der Waals surface area (Å²) in [4.78, 5) is 38.2. The average Bonchev–Trinajstić information content (AvgIpc) is 4.13. The molecular weight excluding hydrogens is 945 g/mol. The molecule has 2 aliphatic carbocycles. The van der Waals surface area contributed by atoms with Crippen molar-refractivity contribution in [3.8, 4) is 63.0 Å². The summed E-state index contributed by atoms with van der Waals surface area (Å²) in [6.45, 7) is 25.5. The number of thiophene rings is 1. The second-order valence-corrected chi connectivity index (χ2v) is 18.6. The van der Waals surface area contributed by atoms with Crippen LogP contribution in [0.4, 0.5) is 0 Å². The van der Waals surface area contributed by atoms with Gasteiger partial charge in [0.25, 0.3) is 5.91 Å². The fourth-order valence-corrected chi connectivity index (χ4v) is 9.00. The third-order valence-corrected chi connectivity index (χ3v) is 13.1. The van der Waals surface area contributed by atoms with Crippen molar-refractivity contribution in [3.63, 3.8) is 0 Å². The fraction of sp³-hybridized carbons (Fsp3) is 0.255. The van der Waals surface area contributed by atoms with E-state index in [1.807, 2.05) is 50.2 Å². The molecule has 1 amide bonds. The highest BCUT2D eigenvalue weighted by atomic mass is 35.5. The van der Waals surface area contributed by atoms with Gasteiger partial charge in [-0.3, -0.25) is 9.59 Å². The molecular formula is C51H37Cl4N9O2S. The molecule has 0 atom stereocenters. The van der Waals surface area contributed by atoms with Crippen molar-refractivity contribution in [1.29, 1.82) is 5.26 Å². The van der Waals surface area contributed by atoms with Crippen molar-refractivity contribution in [1.82, 2.24) is 24.9 Å². The molecule has 6 aromatic rings. The van der Waals surface area contributed by atoms with Gasteiger partial charge in [0.05, 0.1) is 67.9 Å². The Morgan fingerprint density at radius 3 is 1.87 bits per heavy atom. The quantitative estimate of drug-likeness (QED) is 0.0600. The molecule has 11 nitrogen and oxygen atoms in total. The van der Waals surface area contributed by atoms with Crippen LogP contribution in [0.1, 0.15) is 87.5 Å². The molecule has 0 spiro atoms. The summed E-state index contributed by atoms with van der Waals surface area (Å²) in [6, 6.07) is 23.8. The normalized spacial score (nSPS) is 13.3. The predicted molar refractivity (Wildman–Crippen MR) is 264 cm³/mol. The van der Waals surface area contributed by atoms with E-state index in [2.05, 4.69) is 59.8 Å². The van der Waals surface area contributed by atoms with E-state index in [1.54, 1.807) is 45.8 Å². The number of nitrogens with zero attached hydrogens (tertiary/aromatic N) is 8. The number of carbonyl (C=O) groups excluding carboxylic acids is 2. The molecule has 3 heterocycles. The van der Waals surface area contributed by atoms with Crippen molar-refractivity contribution in [2.24, 2.45) is 0 Å². The number of benzene rings is 3. The number of nitriles is 1. The zero-order chi connectivity index (χ0) is 47.9. The summed E-state index contributed by atoms with van der Waals surface area (Å²) in [7, 11) is 0. The summed E-state index contributed by atoms with van der Waals surface area (Å²) in [5, 5.41) is 23.2. The van der Waals surface area contributed by atoms with Crippen molar-refractivity contribution in [2.75, 3.05) is 13.1 Å². The molecule has 1 N–H and O–H groups in total. The highest BCUT2D eigenvalue weighted by Crippen LogP contribution is 2.45. The van der Waals surface area contributed by atoms with Gasteiger partial charge in [-0.1, -0.05) is 82.2 Å². The van der Waals surface area contributed by atoms with Gasteiger partial charge in [-0.05, 0) is 87.4 Å². The smallest absolute Gasteiger partial charge is 0.273 e. The molecule has 2 fully saturated rings. The molecule has 0 bridgehead atoms. The van der Waals surface area contributed by atoms with Crippen LogP contribution in [0.15, 0.2) is 72.8 Å². The summed E-state index contributed by atoms with van der Waals surface area (Å²) >= 11 is 26.6. The van der Waals surface area contributed by atoms with Crippen LogP contribution in [0.5, 0.6) is 0 Å². The Labute approximate surface area is 412 Å². The number of carbonyl (C=O) groups is 2. The third kappa shape index (κ3) is 11.1. The average molecular weight is 982 g/mol. The second-order valence-electron chi connectivity index (χ2n) is 15.9. The van der Waals surface area contributed by atoms with Crippen LogP contribution in [0.2, 0.25) is 20.1 Å². The van der Waals surface area contributed by atoms with Crippen molar-refractivity contribution < 1.29 is 9.59 Å². The number of ketones is 1. The van der Waals surface area contributed by atoms with Crippen LogP contribution in [-0.4, -0.2) is 55.4 Å². The maximum Gasteiger partial charge on any atom is 0.273 e. The second kappa shape index (κ2) is 20.8. The summed E-state index contributed by atoms with van der Waals surface area (Å²) < 4.78 is 3.31. The van der Waals surface area contributed by atoms with Gasteiger partial charge >= 0.3 is 0 Å². The monoisotopic (exact) mass is 979 g/mol. The minimum absolute atomic E-state index is 0.137. The minimum atomic E-state index is -0.807. The molecule has 0 aliphatic heterocycles. The molecule has 2 saturated carbocycles. The Hall–Kier alpha value is -6.84. The van der Waals surface area contributed by atoms with Gasteiger partial charge in [-0.15, -0.1) is 11.3 Å². The zero-order valence-corrected chi connectivity index (χ0v) is 39.9. The molecule has 0 saturated heterocycles. The standard InChI is InChI=1S/C26H19Cl2N5O.C25H18Cl2N4OS/c1-17-23(25(34)31-26(16-29)12-13-26)32-33(22-11-10-20(27)15-21(22)28)24(17)19-8-6-18(7-9-19)5-3-4-14-30-2;1-16-23(21(32)15-25(29-3)11-12-25)30-31(20-9-7-17(26)14-19(20)27)24(16)22-10-8-18(33-22)6-4-5-13-28-2/h6-11,15H,4,12-14H2,1H3,(H,31,34);7-10,14H,5,11-13,15H2,1H3. The number of Topliss-reactive ketones (excluding diaryl/α,β-unsaturated/α-hetero) is 1. The van der Waals surface area contributed by atoms with Gasteiger partial charge in [-0.25, -0.2) is 29.1 Å². The molecule has 16 heteroatoms. The first-order chi connectivity index (χ1) is 32.2. The molecule has 3 aromatic carbocycles. The van der Waals surface area contributed by atoms with Gasteiger partial charge in [0.2, 0.25) is 18.6 Å². The lowest BCUT2D eigenvalue weighted by molar-refractivity contribution is 0.0933. The van der Waals surface area contributed by atoms with E-state index in [0.717, 1.165) is 45.0 Å². The lowest BCUT2D eigenvalue weighted by Gasteiger charge is -2.11. The third-order valence-electron chi connectivity index (χ3n) is 11.0. The summed E-state index contributed by atoms with van der Waals surface area (Å²) in [5.74, 6) is 11.6. The van der Waals surface area contributed by atoms with E-state index in [9.17, 15) is 14.9 Å². The highest BCUT2D eigenvalue weighted by molar-refractivity contribution is 7.16. The van der Waals surface area contributed by atoms with Crippen molar-refractivity contribution in [2.45, 2.75) is 69.9 Å². The van der Waals surface area contributed by atoms with E-state index in [-0.39, 0.29) is 17.9 Å². The Bertz CT molecular complexity index is 3240. The first kappa shape index (κ1) is 48.1. The molecule has 67 heavy (non-hydrogen) atoms. The van der Waals surface area contributed by atoms with Gasteiger partial charge in [-0.2, -0.15) is 15.5 Å². The molecule has 3 aromatic heterocycles. The van der Waals surface area contributed by atoms with Crippen LogP contribution >= 0.6 is 57.7 Å². The number of nitrogens with one attached hydrogen (secondary N) is 1. The van der Waals surface area contributed by atoms with E-state index in [1.165, 1.54) is 11.3 Å². The maximum atomic E-state index is 13.1. The molecule has 0 unspecified atom stereocenters. The molecule has 332 valence electrons. The van der Waals surface area contributed by atoms with Gasteiger partial charge in [0, 0.05) is 45.1 Å². The topological polar surface area (TPSA) is 119 Å². The van der Waals surface area contributed by atoms with E-state index < -0.39 is 17.0 Å². The first-order valence-corrected chi connectivity index (χ1v) is 23.2. The lowest BCUT2D eigenvalue weighted by Crippen LogP contribution is -2.36. The van der Waals surface area contributed by atoms with Crippen LogP contribution in [0.25, 0.3) is 47.7 Å². The van der Waals surface area contributed by atoms with Gasteiger partial charge in [0.1, 0.15) is 11.2 Å². The van der Waals surface area contributed by atoms with Crippen molar-refractivity contribution in [3.05, 3.63) is 160 Å². The van der Waals surface area contributed by atoms with Gasteiger partial charge < -0.3 is 19.9 Å². The number of rotatable bonds is 11. The van der Waals surface area contributed by atoms with E-state index in [4.69, 9.17) is 66.1 Å². The number of aromatic nitrogens is 4. The van der Waals surface area contributed by atoms with E-state index in [0.29, 0.717) is 87.2 Å². The van der Waals surface area contributed by atoms with Crippen LogP contribution in [-0.2, 0) is 0 Å². The first-order valence-electron chi connectivity index (χ1n) is 20.9. The number of hydrogen-bond donors (Lipinski definition) is 1. The Kier molecular flexibility index (Phi) is 14.9. The highest BCUT2D eigenvalue weighted by Gasteiger charge is 2.53. The zero-order valence-electron chi connectivity index (χ0n) is 36.1. The van der Waals surface area contributed by atoms with Crippen molar-refractivity contribution >= 4 is 69.4 Å². The van der Waals surface area contributed by atoms with Crippen LogP contribution in [0, 0.1) is 68.6 Å². The van der Waals surface area contributed by atoms with Crippen LogP contribution < -0.4 is 5.32 Å². The lowest BCUT2D eigenvalue weighted by atomic mass is 10.0. The fourth-order valence-electron chi connectivity index (χ4n) is 7.06.